The molecule has 0 heterocycles. The highest BCUT2D eigenvalue weighted by Gasteiger charge is 2.26. The standard InChI is InChI=1S/C19H25NO3.2CH4/c1-13(14-6-9-16(10-7-14)19(22)23)17(12-20-2)11-8-15-4-3-5-18(15)21;;/h6-7,9-10,12-13,15,17H,3-5,8,11H2,1-2H3,(H,22,23);2*1H4/p-1. The molecule has 25 heavy (non-hydrogen) atoms. The van der Waals surface area contributed by atoms with Gasteiger partial charge < -0.3 is 14.9 Å². The van der Waals surface area contributed by atoms with E-state index in [1.54, 1.807) is 19.2 Å². The molecule has 1 aliphatic rings. The molecule has 4 heteroatoms. The summed E-state index contributed by atoms with van der Waals surface area (Å²) in [6.07, 6.45) is 6.57. The first-order valence-corrected chi connectivity index (χ1v) is 8.29. The lowest BCUT2D eigenvalue weighted by Crippen LogP contribution is -2.22. The van der Waals surface area contributed by atoms with Gasteiger partial charge in [-0.15, -0.1) is 0 Å². The number of hydrogen-bond acceptors (Lipinski definition) is 4. The van der Waals surface area contributed by atoms with Gasteiger partial charge in [-0.3, -0.25) is 4.79 Å². The number of aliphatic imine (C=N–C) groups is 1. The fraction of sp³-hybridized carbons (Fsp3) is 0.571. The summed E-state index contributed by atoms with van der Waals surface area (Å²) in [6.45, 7) is 2.12. The summed E-state index contributed by atoms with van der Waals surface area (Å²) in [4.78, 5) is 26.8. The molecule has 3 unspecified atom stereocenters. The van der Waals surface area contributed by atoms with Crippen molar-refractivity contribution in [2.75, 3.05) is 7.05 Å². The van der Waals surface area contributed by atoms with E-state index in [1.807, 2.05) is 18.3 Å². The Bertz CT molecular complexity index is 577. The number of ketones is 1. The van der Waals surface area contributed by atoms with E-state index in [0.717, 1.165) is 37.7 Å². The highest BCUT2D eigenvalue weighted by molar-refractivity contribution is 5.85. The lowest BCUT2D eigenvalue weighted by molar-refractivity contribution is -0.255. The van der Waals surface area contributed by atoms with Crippen LogP contribution in [0.2, 0.25) is 0 Å². The van der Waals surface area contributed by atoms with Crippen LogP contribution < -0.4 is 5.11 Å². The van der Waals surface area contributed by atoms with Gasteiger partial charge in [0.05, 0.1) is 5.97 Å². The fourth-order valence-electron chi connectivity index (χ4n) is 3.40. The first-order chi connectivity index (χ1) is 11.0. The van der Waals surface area contributed by atoms with Crippen LogP contribution in [0.5, 0.6) is 0 Å². The number of carbonyl (C=O) groups excluding carboxylic acids is 2. The molecule has 1 fully saturated rings. The Balaban J connectivity index is 0.00000288. The molecule has 0 bridgehead atoms. The molecule has 0 aliphatic heterocycles. The summed E-state index contributed by atoms with van der Waals surface area (Å²) in [5.41, 5.74) is 1.27. The average Bonchev–Trinajstić information content (AvgIpc) is 2.96. The van der Waals surface area contributed by atoms with Gasteiger partial charge in [-0.05, 0) is 42.7 Å². The van der Waals surface area contributed by atoms with Crippen molar-refractivity contribution in [3.63, 3.8) is 0 Å². The van der Waals surface area contributed by atoms with Crippen molar-refractivity contribution in [1.29, 1.82) is 0 Å². The minimum absolute atomic E-state index is 0. The largest absolute Gasteiger partial charge is 0.545 e. The monoisotopic (exact) mass is 346 g/mol. The molecule has 140 valence electrons. The van der Waals surface area contributed by atoms with Crippen LogP contribution in [0.15, 0.2) is 29.3 Å². The zero-order chi connectivity index (χ0) is 16.8. The maximum atomic E-state index is 11.8. The molecule has 0 spiro atoms. The second kappa shape index (κ2) is 10.8. The Kier molecular flexibility index (Phi) is 9.95. The van der Waals surface area contributed by atoms with E-state index < -0.39 is 5.97 Å². The highest BCUT2D eigenvalue weighted by atomic mass is 16.4. The van der Waals surface area contributed by atoms with Crippen LogP contribution in [0.25, 0.3) is 0 Å². The summed E-state index contributed by atoms with van der Waals surface area (Å²) in [5, 5.41) is 10.8. The molecule has 1 saturated carbocycles. The van der Waals surface area contributed by atoms with Crippen molar-refractivity contribution in [3.05, 3.63) is 35.4 Å². The number of rotatable bonds is 7. The lowest BCUT2D eigenvalue weighted by Gasteiger charge is -2.22. The zero-order valence-corrected chi connectivity index (χ0v) is 13.8. The Labute approximate surface area is 152 Å². The van der Waals surface area contributed by atoms with Gasteiger partial charge >= 0.3 is 0 Å². The molecule has 0 N–H and O–H groups in total. The van der Waals surface area contributed by atoms with Gasteiger partial charge in [0.25, 0.3) is 0 Å². The van der Waals surface area contributed by atoms with Crippen molar-refractivity contribution in [2.45, 2.75) is 59.8 Å². The van der Waals surface area contributed by atoms with Gasteiger partial charge in [0, 0.05) is 31.5 Å². The molecule has 0 radical (unpaired) electrons. The minimum Gasteiger partial charge on any atom is -0.545 e. The SMILES string of the molecule is C.C.CN=CC(CCC1CCCC1=O)C(C)c1ccc(C(=O)[O-])cc1. The van der Waals surface area contributed by atoms with Crippen LogP contribution in [0.4, 0.5) is 0 Å². The van der Waals surface area contributed by atoms with E-state index in [9.17, 15) is 14.7 Å². The third-order valence-corrected chi connectivity index (χ3v) is 4.93. The quantitative estimate of drug-likeness (QED) is 0.703. The van der Waals surface area contributed by atoms with Crippen molar-refractivity contribution >= 4 is 18.0 Å². The van der Waals surface area contributed by atoms with Gasteiger partial charge in [0.2, 0.25) is 0 Å². The van der Waals surface area contributed by atoms with E-state index in [4.69, 9.17) is 0 Å². The third-order valence-electron chi connectivity index (χ3n) is 4.93. The van der Waals surface area contributed by atoms with E-state index >= 15 is 0 Å². The molecule has 0 aromatic heterocycles. The van der Waals surface area contributed by atoms with Crippen molar-refractivity contribution in [2.24, 2.45) is 16.8 Å². The van der Waals surface area contributed by atoms with Crippen LogP contribution in [0.3, 0.4) is 0 Å². The van der Waals surface area contributed by atoms with Gasteiger partial charge in [-0.2, -0.15) is 0 Å². The van der Waals surface area contributed by atoms with Gasteiger partial charge in [-0.25, -0.2) is 0 Å². The summed E-state index contributed by atoms with van der Waals surface area (Å²) in [5.74, 6) is -0.0533. The van der Waals surface area contributed by atoms with Crippen LogP contribution in [-0.2, 0) is 4.79 Å². The number of nitrogens with zero attached hydrogens (tertiary/aromatic N) is 1. The van der Waals surface area contributed by atoms with Crippen molar-refractivity contribution < 1.29 is 14.7 Å². The number of benzene rings is 1. The number of carbonyl (C=O) groups is 2. The highest BCUT2D eigenvalue weighted by Crippen LogP contribution is 2.32. The summed E-state index contributed by atoms with van der Waals surface area (Å²) in [7, 11) is 1.76. The molecule has 0 saturated heterocycles. The van der Waals surface area contributed by atoms with Gasteiger partial charge in [-0.1, -0.05) is 46.0 Å². The van der Waals surface area contributed by atoms with E-state index in [1.165, 1.54) is 0 Å². The van der Waals surface area contributed by atoms with Gasteiger partial charge in [0.1, 0.15) is 5.78 Å². The Morgan fingerprint density at radius 1 is 1.32 bits per heavy atom. The molecule has 1 aromatic rings. The maximum Gasteiger partial charge on any atom is 0.135 e. The fourth-order valence-corrected chi connectivity index (χ4v) is 3.40. The number of carboxylic acid groups (broad SMARTS) is 1. The van der Waals surface area contributed by atoms with Crippen LogP contribution in [0, 0.1) is 11.8 Å². The smallest absolute Gasteiger partial charge is 0.135 e. The molecular weight excluding hydrogens is 314 g/mol. The van der Waals surface area contributed by atoms with E-state index in [-0.39, 0.29) is 38.2 Å². The number of carboxylic acids is 1. The van der Waals surface area contributed by atoms with Crippen molar-refractivity contribution in [1.82, 2.24) is 0 Å². The molecule has 3 atom stereocenters. The average molecular weight is 346 g/mol. The molecule has 0 amide bonds. The first kappa shape index (κ1) is 23.0. The summed E-state index contributed by atoms with van der Waals surface area (Å²) >= 11 is 0. The second-order valence-electron chi connectivity index (χ2n) is 6.40. The van der Waals surface area contributed by atoms with Crippen LogP contribution in [0.1, 0.15) is 75.7 Å². The Morgan fingerprint density at radius 2 is 1.96 bits per heavy atom. The number of Topliss-reactive ketones (excluding diaryl/α,β-unsaturated/α-hetero) is 1. The molecular formula is C21H32NO3-. The molecule has 1 aromatic carbocycles. The van der Waals surface area contributed by atoms with Crippen LogP contribution in [-0.4, -0.2) is 25.0 Å². The normalized spacial score (nSPS) is 19.1. The second-order valence-corrected chi connectivity index (χ2v) is 6.40. The summed E-state index contributed by atoms with van der Waals surface area (Å²) < 4.78 is 0. The Morgan fingerprint density at radius 3 is 2.44 bits per heavy atom. The molecule has 1 aliphatic carbocycles. The Hall–Kier alpha value is -1.97. The van der Waals surface area contributed by atoms with Gasteiger partial charge in [0.15, 0.2) is 0 Å². The number of aromatic carboxylic acids is 1. The molecule has 4 nitrogen and oxygen atoms in total. The van der Waals surface area contributed by atoms with Crippen LogP contribution >= 0.6 is 0 Å². The third kappa shape index (κ3) is 6.11. The zero-order valence-electron chi connectivity index (χ0n) is 13.8. The predicted molar refractivity (Wildman–Crippen MR) is 102 cm³/mol. The van der Waals surface area contributed by atoms with E-state index in [2.05, 4.69) is 11.9 Å². The predicted octanol–water partition coefficient (Wildman–Crippen LogP) is 3.89. The topological polar surface area (TPSA) is 69.6 Å². The minimum atomic E-state index is -1.16. The van der Waals surface area contributed by atoms with Crippen molar-refractivity contribution in [3.8, 4) is 0 Å². The summed E-state index contributed by atoms with van der Waals surface area (Å²) in [6, 6.07) is 6.85. The maximum absolute atomic E-state index is 11.8. The number of hydrogen-bond donors (Lipinski definition) is 0. The molecule has 2 rings (SSSR count). The first-order valence-electron chi connectivity index (χ1n) is 8.29. The lowest BCUT2D eigenvalue weighted by atomic mass is 9.83. The van der Waals surface area contributed by atoms with E-state index in [0.29, 0.717) is 5.78 Å².